The number of carbonyl (C=O) groups is 1. The number of methoxy groups -OCH3 is 2. The molecule has 0 aromatic heterocycles. The molecule has 0 N–H and O–H groups in total. The molecule has 0 saturated carbocycles. The van der Waals surface area contributed by atoms with Gasteiger partial charge in [0.05, 0.1) is 25.5 Å². The normalized spacial score (nSPS) is 11.9. The van der Waals surface area contributed by atoms with Gasteiger partial charge in [-0.05, 0) is 31.2 Å². The fraction of sp³-hybridized carbons (Fsp3) is 0.263. The van der Waals surface area contributed by atoms with Crippen molar-refractivity contribution in [2.24, 2.45) is 5.16 Å². The lowest BCUT2D eigenvalue weighted by molar-refractivity contribution is -0.128. The first-order valence-corrected chi connectivity index (χ1v) is 8.29. The van der Waals surface area contributed by atoms with Crippen molar-refractivity contribution in [3.05, 3.63) is 53.1 Å². The molecule has 26 heavy (non-hydrogen) atoms. The molecule has 6 nitrogen and oxygen atoms in total. The summed E-state index contributed by atoms with van der Waals surface area (Å²) in [7, 11) is 4.72. The molecule has 0 spiro atoms. The Bertz CT molecular complexity index is 781. The maximum atomic E-state index is 12.4. The lowest BCUT2D eigenvalue weighted by Gasteiger charge is -2.20. The van der Waals surface area contributed by atoms with Crippen LogP contribution >= 0.6 is 11.6 Å². The number of benzene rings is 2. The molecule has 0 aliphatic carbocycles. The van der Waals surface area contributed by atoms with E-state index in [1.54, 1.807) is 26.1 Å². The number of nitrogens with zero attached hydrogens (tertiary/aromatic N) is 2. The van der Waals surface area contributed by atoms with Gasteiger partial charge >= 0.3 is 0 Å². The summed E-state index contributed by atoms with van der Waals surface area (Å²) in [6.45, 7) is 1.64. The van der Waals surface area contributed by atoms with E-state index < -0.39 is 6.10 Å². The summed E-state index contributed by atoms with van der Waals surface area (Å²) in [4.78, 5) is 19.2. The molecule has 138 valence electrons. The van der Waals surface area contributed by atoms with Crippen LogP contribution in [0.3, 0.4) is 0 Å². The Morgan fingerprint density at radius 2 is 1.88 bits per heavy atom. The van der Waals surface area contributed by atoms with Crippen LogP contribution in [0.15, 0.2) is 47.6 Å². The number of para-hydroxylation sites is 1. The Hall–Kier alpha value is -2.73. The van der Waals surface area contributed by atoms with Crippen LogP contribution < -0.4 is 14.4 Å². The second kappa shape index (κ2) is 9.10. The Morgan fingerprint density at radius 1 is 1.19 bits per heavy atom. The van der Waals surface area contributed by atoms with Crippen molar-refractivity contribution in [3.63, 3.8) is 0 Å². The molecule has 0 fully saturated rings. The molecule has 0 heterocycles. The average molecular weight is 377 g/mol. The number of amides is 1. The van der Waals surface area contributed by atoms with E-state index in [2.05, 4.69) is 5.16 Å². The molecule has 1 atom stereocenters. The van der Waals surface area contributed by atoms with Gasteiger partial charge < -0.3 is 19.2 Å². The molecule has 1 unspecified atom stereocenters. The topological polar surface area (TPSA) is 60.4 Å². The lowest BCUT2D eigenvalue weighted by atomic mass is 10.2. The number of carbonyl (C=O) groups excluding carboxylic acids is 1. The molecule has 0 saturated heterocycles. The van der Waals surface area contributed by atoms with Gasteiger partial charge in [-0.1, -0.05) is 35.0 Å². The third kappa shape index (κ3) is 4.67. The van der Waals surface area contributed by atoms with E-state index in [0.29, 0.717) is 22.1 Å². The predicted octanol–water partition coefficient (Wildman–Crippen LogP) is 3.76. The van der Waals surface area contributed by atoms with E-state index in [1.165, 1.54) is 25.3 Å². The SMILES string of the molecule is COc1cc(C=NOC(C)C(=O)N(C)c2ccccc2)cc(Cl)c1OC. The molecule has 0 aliphatic rings. The van der Waals surface area contributed by atoms with Gasteiger partial charge in [0.1, 0.15) is 0 Å². The van der Waals surface area contributed by atoms with E-state index in [9.17, 15) is 4.79 Å². The van der Waals surface area contributed by atoms with E-state index >= 15 is 0 Å². The van der Waals surface area contributed by atoms with Crippen LogP contribution in [0.4, 0.5) is 5.69 Å². The van der Waals surface area contributed by atoms with Crippen molar-refractivity contribution in [3.8, 4) is 11.5 Å². The number of halogens is 1. The molecule has 0 radical (unpaired) electrons. The summed E-state index contributed by atoms with van der Waals surface area (Å²) in [5.74, 6) is 0.716. The molecule has 1 amide bonds. The van der Waals surface area contributed by atoms with Crippen molar-refractivity contribution < 1.29 is 19.1 Å². The second-order valence-corrected chi connectivity index (χ2v) is 5.86. The van der Waals surface area contributed by atoms with Crippen molar-refractivity contribution in [2.45, 2.75) is 13.0 Å². The minimum atomic E-state index is -0.743. The third-order valence-electron chi connectivity index (χ3n) is 3.70. The van der Waals surface area contributed by atoms with Crippen LogP contribution in [0.5, 0.6) is 11.5 Å². The van der Waals surface area contributed by atoms with Gasteiger partial charge in [0.25, 0.3) is 5.91 Å². The molecule has 2 aromatic rings. The summed E-state index contributed by atoms with van der Waals surface area (Å²) < 4.78 is 10.4. The van der Waals surface area contributed by atoms with E-state index in [0.717, 1.165) is 5.69 Å². The van der Waals surface area contributed by atoms with Gasteiger partial charge in [-0.15, -0.1) is 0 Å². The molecular formula is C19H21ClN2O4. The fourth-order valence-electron chi connectivity index (χ4n) is 2.29. The summed E-state index contributed by atoms with van der Waals surface area (Å²) >= 11 is 6.15. The van der Waals surface area contributed by atoms with Crippen LogP contribution in [0.1, 0.15) is 12.5 Å². The van der Waals surface area contributed by atoms with E-state index in [1.807, 2.05) is 30.3 Å². The van der Waals surface area contributed by atoms with E-state index in [-0.39, 0.29) is 5.91 Å². The smallest absolute Gasteiger partial charge is 0.270 e. The number of hydrogen-bond donors (Lipinski definition) is 0. The van der Waals surface area contributed by atoms with Crippen LogP contribution in [0.2, 0.25) is 5.02 Å². The molecule has 2 rings (SSSR count). The first-order valence-electron chi connectivity index (χ1n) is 7.91. The minimum Gasteiger partial charge on any atom is -0.493 e. The number of oxime groups is 1. The van der Waals surface area contributed by atoms with Crippen molar-refractivity contribution in [1.82, 2.24) is 0 Å². The van der Waals surface area contributed by atoms with Crippen LogP contribution in [-0.4, -0.2) is 39.5 Å². The summed E-state index contributed by atoms with van der Waals surface area (Å²) in [6.07, 6.45) is 0.715. The maximum absolute atomic E-state index is 12.4. The highest BCUT2D eigenvalue weighted by Gasteiger charge is 2.20. The zero-order valence-corrected chi connectivity index (χ0v) is 15.9. The first kappa shape index (κ1) is 19.6. The Labute approximate surface area is 157 Å². The van der Waals surface area contributed by atoms with Crippen LogP contribution in [-0.2, 0) is 9.63 Å². The van der Waals surface area contributed by atoms with Crippen LogP contribution in [0.25, 0.3) is 0 Å². The molecule has 0 aliphatic heterocycles. The number of anilines is 1. The highest BCUT2D eigenvalue weighted by atomic mass is 35.5. The average Bonchev–Trinajstić information content (AvgIpc) is 2.66. The fourth-order valence-corrected chi connectivity index (χ4v) is 2.59. The zero-order chi connectivity index (χ0) is 19.1. The van der Waals surface area contributed by atoms with Gasteiger partial charge in [-0.2, -0.15) is 0 Å². The molecule has 2 aromatic carbocycles. The molecule has 7 heteroatoms. The third-order valence-corrected chi connectivity index (χ3v) is 3.98. The summed E-state index contributed by atoms with van der Waals surface area (Å²) in [5, 5.41) is 4.27. The lowest BCUT2D eigenvalue weighted by Crippen LogP contribution is -2.35. The van der Waals surface area contributed by atoms with Gasteiger partial charge in [0.15, 0.2) is 11.5 Å². The van der Waals surface area contributed by atoms with Crippen molar-refractivity contribution >= 4 is 29.4 Å². The maximum Gasteiger partial charge on any atom is 0.270 e. The predicted molar refractivity (Wildman–Crippen MR) is 103 cm³/mol. The molecular weight excluding hydrogens is 356 g/mol. The Balaban J connectivity index is 2.03. The minimum absolute atomic E-state index is 0.210. The van der Waals surface area contributed by atoms with Gasteiger partial charge in [0, 0.05) is 18.3 Å². The number of likely N-dealkylation sites (N-methyl/N-ethyl adjacent to an activating group) is 1. The highest BCUT2D eigenvalue weighted by molar-refractivity contribution is 6.32. The van der Waals surface area contributed by atoms with Crippen molar-refractivity contribution in [1.29, 1.82) is 0 Å². The Kier molecular flexibility index (Phi) is 6.86. The van der Waals surface area contributed by atoms with E-state index in [4.69, 9.17) is 25.9 Å². The summed E-state index contributed by atoms with van der Waals surface area (Å²) in [5.41, 5.74) is 1.44. The van der Waals surface area contributed by atoms with Gasteiger partial charge in [-0.3, -0.25) is 4.79 Å². The standard InChI is InChI=1S/C19H21ClN2O4/c1-13(19(23)22(2)15-8-6-5-7-9-15)26-21-12-14-10-16(20)18(25-4)17(11-14)24-3/h5-13H,1-4H3. The zero-order valence-electron chi connectivity index (χ0n) is 15.1. The Morgan fingerprint density at radius 3 is 2.50 bits per heavy atom. The number of hydrogen-bond acceptors (Lipinski definition) is 5. The highest BCUT2D eigenvalue weighted by Crippen LogP contribution is 2.35. The van der Waals surface area contributed by atoms with Gasteiger partial charge in [0.2, 0.25) is 6.10 Å². The van der Waals surface area contributed by atoms with Gasteiger partial charge in [-0.25, -0.2) is 0 Å². The quantitative estimate of drug-likeness (QED) is 0.545. The number of rotatable bonds is 7. The van der Waals surface area contributed by atoms with Crippen LogP contribution in [0, 0.1) is 0 Å². The monoisotopic (exact) mass is 376 g/mol. The summed E-state index contributed by atoms with van der Waals surface area (Å²) in [6, 6.07) is 12.7. The molecule has 0 bridgehead atoms. The second-order valence-electron chi connectivity index (χ2n) is 5.45. The van der Waals surface area contributed by atoms with Crippen molar-refractivity contribution in [2.75, 3.05) is 26.2 Å². The largest absolute Gasteiger partial charge is 0.493 e. The first-order chi connectivity index (χ1) is 12.5. The number of ether oxygens (including phenoxy) is 2.